The summed E-state index contributed by atoms with van der Waals surface area (Å²) in [6.45, 7) is 3.16. The van der Waals surface area contributed by atoms with Crippen LogP contribution < -0.4 is 0 Å². The molecule has 0 spiro atoms. The van der Waals surface area contributed by atoms with Crippen molar-refractivity contribution >= 4 is 10.0 Å². The largest absolute Gasteiger partial charge is 0.417 e. The molecule has 1 aromatic carbocycles. The summed E-state index contributed by atoms with van der Waals surface area (Å²) in [5, 5.41) is 0. The van der Waals surface area contributed by atoms with Gasteiger partial charge in [0.05, 0.1) is 17.1 Å². The minimum Gasteiger partial charge on any atom is -0.381 e. The summed E-state index contributed by atoms with van der Waals surface area (Å²) in [6, 6.07) is 4.32. The quantitative estimate of drug-likeness (QED) is 0.791. The van der Waals surface area contributed by atoms with Crippen molar-refractivity contribution < 1.29 is 26.3 Å². The second-order valence-electron chi connectivity index (χ2n) is 5.59. The van der Waals surface area contributed by atoms with Gasteiger partial charge in [-0.3, -0.25) is 0 Å². The second-order valence-corrected chi connectivity index (χ2v) is 7.49. The molecule has 23 heavy (non-hydrogen) atoms. The molecule has 130 valence electrons. The number of hydrogen-bond acceptors (Lipinski definition) is 3. The van der Waals surface area contributed by atoms with Crippen molar-refractivity contribution in [3.63, 3.8) is 0 Å². The van der Waals surface area contributed by atoms with E-state index in [4.69, 9.17) is 4.74 Å². The Bertz CT molecular complexity index is 625. The molecule has 0 aliphatic carbocycles. The van der Waals surface area contributed by atoms with Crippen LogP contribution in [0.25, 0.3) is 0 Å². The maximum Gasteiger partial charge on any atom is 0.417 e. The Balaban J connectivity index is 2.37. The predicted octanol–water partition coefficient (Wildman–Crippen LogP) is 3.14. The average Bonchev–Trinajstić information content (AvgIpc) is 2.99. The van der Waals surface area contributed by atoms with Gasteiger partial charge in [0.2, 0.25) is 10.0 Å². The molecule has 4 nitrogen and oxygen atoms in total. The van der Waals surface area contributed by atoms with Gasteiger partial charge in [0.15, 0.2) is 0 Å². The summed E-state index contributed by atoms with van der Waals surface area (Å²) >= 11 is 0. The monoisotopic (exact) mass is 351 g/mol. The number of halogens is 3. The average molecular weight is 351 g/mol. The first-order chi connectivity index (χ1) is 10.8. The number of benzene rings is 1. The molecule has 0 radical (unpaired) electrons. The number of rotatable bonds is 6. The standard InChI is InChI=1S/C15H20F3NO3S/c1-2-8-19(10-12-7-9-22-11-12)23(20,21)14-6-4-3-5-13(14)15(16,17)18/h3-6,12H,2,7-11H2,1H3. The third-order valence-corrected chi connectivity index (χ3v) is 5.69. The van der Waals surface area contributed by atoms with Crippen LogP contribution in [0.5, 0.6) is 0 Å². The molecule has 0 aromatic heterocycles. The van der Waals surface area contributed by atoms with Crippen LogP contribution in [0.3, 0.4) is 0 Å². The Morgan fingerprint density at radius 1 is 1.30 bits per heavy atom. The maximum atomic E-state index is 13.1. The van der Waals surface area contributed by atoms with Crippen molar-refractivity contribution in [3.05, 3.63) is 29.8 Å². The minimum absolute atomic E-state index is 0.0226. The maximum absolute atomic E-state index is 13.1. The highest BCUT2D eigenvalue weighted by molar-refractivity contribution is 7.89. The fourth-order valence-electron chi connectivity index (χ4n) is 2.64. The molecule has 0 saturated carbocycles. The molecule has 1 aromatic rings. The number of alkyl halides is 3. The first-order valence-electron chi connectivity index (χ1n) is 7.51. The molecule has 1 heterocycles. The predicted molar refractivity (Wildman–Crippen MR) is 79.4 cm³/mol. The lowest BCUT2D eigenvalue weighted by Gasteiger charge is -2.25. The molecule has 1 atom stereocenters. The molecule has 0 amide bonds. The van der Waals surface area contributed by atoms with Crippen molar-refractivity contribution in [1.29, 1.82) is 0 Å². The molecule has 0 bridgehead atoms. The molecule has 8 heteroatoms. The zero-order chi connectivity index (χ0) is 17.1. The first-order valence-corrected chi connectivity index (χ1v) is 8.95. The lowest BCUT2D eigenvalue weighted by molar-refractivity contribution is -0.139. The van der Waals surface area contributed by atoms with Gasteiger partial charge < -0.3 is 4.74 Å². The van der Waals surface area contributed by atoms with Gasteiger partial charge in [0.25, 0.3) is 0 Å². The van der Waals surface area contributed by atoms with Gasteiger partial charge in [0.1, 0.15) is 0 Å². The Hall–Kier alpha value is -1.12. The summed E-state index contributed by atoms with van der Waals surface area (Å²) in [6.07, 6.45) is -3.46. The van der Waals surface area contributed by atoms with E-state index in [0.717, 1.165) is 22.9 Å². The normalized spacial score (nSPS) is 19.4. The Morgan fingerprint density at radius 2 is 2.00 bits per heavy atom. The summed E-state index contributed by atoms with van der Waals surface area (Å²) in [7, 11) is -4.21. The zero-order valence-corrected chi connectivity index (χ0v) is 13.7. The molecule has 1 fully saturated rings. The van der Waals surface area contributed by atoms with Crippen molar-refractivity contribution in [1.82, 2.24) is 4.31 Å². The van der Waals surface area contributed by atoms with Crippen LogP contribution in [-0.4, -0.2) is 39.0 Å². The zero-order valence-electron chi connectivity index (χ0n) is 12.8. The summed E-state index contributed by atoms with van der Waals surface area (Å²) in [5.41, 5.74) is -1.12. The van der Waals surface area contributed by atoms with Crippen LogP contribution in [0, 0.1) is 5.92 Å². The number of nitrogens with zero attached hydrogens (tertiary/aromatic N) is 1. The summed E-state index contributed by atoms with van der Waals surface area (Å²) in [5.74, 6) is 0.0226. The number of sulfonamides is 1. The van der Waals surface area contributed by atoms with Gasteiger partial charge in [-0.15, -0.1) is 0 Å². The number of hydrogen-bond donors (Lipinski definition) is 0. The van der Waals surface area contributed by atoms with Gasteiger partial charge in [0, 0.05) is 19.7 Å². The smallest absolute Gasteiger partial charge is 0.381 e. The van der Waals surface area contributed by atoms with Gasteiger partial charge in [-0.1, -0.05) is 19.1 Å². The highest BCUT2D eigenvalue weighted by Crippen LogP contribution is 2.35. The van der Waals surface area contributed by atoms with Crippen LogP contribution in [0.15, 0.2) is 29.2 Å². The van der Waals surface area contributed by atoms with Crippen LogP contribution in [0.1, 0.15) is 25.3 Å². The van der Waals surface area contributed by atoms with Crippen molar-refractivity contribution in [2.24, 2.45) is 5.92 Å². The molecular formula is C15H20F3NO3S. The van der Waals surface area contributed by atoms with E-state index >= 15 is 0 Å². The van der Waals surface area contributed by atoms with Gasteiger partial charge in [-0.05, 0) is 30.9 Å². The second kappa shape index (κ2) is 7.19. The summed E-state index contributed by atoms with van der Waals surface area (Å²) < 4.78 is 71.3. The van der Waals surface area contributed by atoms with Gasteiger partial charge in [-0.2, -0.15) is 17.5 Å². The van der Waals surface area contributed by atoms with Crippen LogP contribution >= 0.6 is 0 Å². The van der Waals surface area contributed by atoms with E-state index in [1.165, 1.54) is 12.1 Å². The molecule has 1 saturated heterocycles. The molecule has 1 unspecified atom stereocenters. The van der Waals surface area contributed by atoms with Crippen LogP contribution in [0.2, 0.25) is 0 Å². The summed E-state index contributed by atoms with van der Waals surface area (Å²) in [4.78, 5) is -0.681. The van der Waals surface area contributed by atoms with Crippen LogP contribution in [-0.2, 0) is 20.9 Å². The lowest BCUT2D eigenvalue weighted by Crippen LogP contribution is -2.37. The molecule has 1 aliphatic heterocycles. The third-order valence-electron chi connectivity index (χ3n) is 3.77. The molecule has 0 N–H and O–H groups in total. The Kier molecular flexibility index (Phi) is 5.70. The lowest BCUT2D eigenvalue weighted by atomic mass is 10.1. The minimum atomic E-state index is -4.71. The van der Waals surface area contributed by atoms with E-state index < -0.39 is 26.7 Å². The van der Waals surface area contributed by atoms with E-state index in [1.54, 1.807) is 6.92 Å². The van der Waals surface area contributed by atoms with Crippen molar-refractivity contribution in [3.8, 4) is 0 Å². The fourth-order valence-corrected chi connectivity index (χ4v) is 4.46. The van der Waals surface area contributed by atoms with Crippen LogP contribution in [0.4, 0.5) is 13.2 Å². The highest BCUT2D eigenvalue weighted by Gasteiger charge is 2.39. The topological polar surface area (TPSA) is 46.6 Å². The van der Waals surface area contributed by atoms with E-state index in [-0.39, 0.29) is 19.0 Å². The van der Waals surface area contributed by atoms with Crippen molar-refractivity contribution in [2.45, 2.75) is 30.8 Å². The third kappa shape index (κ3) is 4.24. The van der Waals surface area contributed by atoms with E-state index in [2.05, 4.69) is 0 Å². The van der Waals surface area contributed by atoms with E-state index in [9.17, 15) is 21.6 Å². The SMILES string of the molecule is CCCN(CC1CCOC1)S(=O)(=O)c1ccccc1C(F)(F)F. The Labute approximate surface area is 134 Å². The Morgan fingerprint density at radius 3 is 2.57 bits per heavy atom. The fraction of sp³-hybridized carbons (Fsp3) is 0.600. The van der Waals surface area contributed by atoms with Crippen molar-refractivity contribution in [2.75, 3.05) is 26.3 Å². The van der Waals surface area contributed by atoms with E-state index in [0.29, 0.717) is 19.6 Å². The molecule has 2 rings (SSSR count). The van der Waals surface area contributed by atoms with Gasteiger partial charge >= 0.3 is 6.18 Å². The first kappa shape index (κ1) is 18.2. The van der Waals surface area contributed by atoms with Gasteiger partial charge in [-0.25, -0.2) is 8.42 Å². The molecular weight excluding hydrogens is 331 g/mol. The number of ether oxygens (including phenoxy) is 1. The highest BCUT2D eigenvalue weighted by atomic mass is 32.2. The molecule has 1 aliphatic rings. The van der Waals surface area contributed by atoms with E-state index in [1.807, 2.05) is 0 Å².